The number of rotatable bonds is 4. The number of nitrogens with zero attached hydrogens (tertiary/aromatic N) is 1. The van der Waals surface area contributed by atoms with E-state index in [0.29, 0.717) is 23.7 Å². The van der Waals surface area contributed by atoms with Crippen LogP contribution in [0.3, 0.4) is 0 Å². The molecule has 0 aromatic heterocycles. The monoisotopic (exact) mass is 326 g/mol. The van der Waals surface area contributed by atoms with Crippen molar-refractivity contribution in [2.24, 2.45) is 5.92 Å². The van der Waals surface area contributed by atoms with Gasteiger partial charge in [0.2, 0.25) is 11.8 Å². The van der Waals surface area contributed by atoms with Crippen LogP contribution in [0.25, 0.3) is 0 Å². The first-order valence-corrected chi connectivity index (χ1v) is 7.61. The maximum Gasteiger partial charge on any atom is 0.229 e. The summed E-state index contributed by atoms with van der Waals surface area (Å²) in [6.07, 6.45) is 0.155. The number of phenols is 1. The Labute approximate surface area is 139 Å². The number of methoxy groups -OCH3 is 1. The standard InChI is InChI=1S/C18H18N2O4/c1-24-16-7-3-5-14(10-16)20-11-12(8-17(20)22)18(23)19-13-4-2-6-15(21)9-13/h2-7,9-10,12,21H,8,11H2,1H3,(H,19,23). The molecule has 0 aliphatic carbocycles. The van der Waals surface area contributed by atoms with Crippen LogP contribution in [-0.2, 0) is 9.59 Å². The first-order chi connectivity index (χ1) is 11.6. The zero-order valence-corrected chi connectivity index (χ0v) is 13.2. The molecule has 2 N–H and O–H groups in total. The van der Waals surface area contributed by atoms with Crippen LogP contribution >= 0.6 is 0 Å². The van der Waals surface area contributed by atoms with Gasteiger partial charge in [0.15, 0.2) is 0 Å². The lowest BCUT2D eigenvalue weighted by molar-refractivity contribution is -0.122. The Bertz CT molecular complexity index is 775. The average molecular weight is 326 g/mol. The fourth-order valence-corrected chi connectivity index (χ4v) is 2.74. The first kappa shape index (κ1) is 15.9. The zero-order chi connectivity index (χ0) is 17.1. The SMILES string of the molecule is COc1cccc(N2CC(C(=O)Nc3cccc(O)c3)CC2=O)c1. The molecule has 2 amide bonds. The van der Waals surface area contributed by atoms with Gasteiger partial charge in [0, 0.05) is 36.5 Å². The van der Waals surface area contributed by atoms with Crippen LogP contribution < -0.4 is 15.0 Å². The van der Waals surface area contributed by atoms with Crippen LogP contribution in [-0.4, -0.2) is 30.6 Å². The van der Waals surface area contributed by atoms with Gasteiger partial charge in [0.05, 0.1) is 13.0 Å². The Hall–Kier alpha value is -3.02. The van der Waals surface area contributed by atoms with Crippen molar-refractivity contribution in [1.82, 2.24) is 0 Å². The van der Waals surface area contributed by atoms with Gasteiger partial charge >= 0.3 is 0 Å². The number of nitrogens with one attached hydrogen (secondary N) is 1. The lowest BCUT2D eigenvalue weighted by atomic mass is 10.1. The molecule has 6 nitrogen and oxygen atoms in total. The molecule has 2 aromatic rings. The quantitative estimate of drug-likeness (QED) is 0.904. The lowest BCUT2D eigenvalue weighted by Crippen LogP contribution is -2.28. The number of benzene rings is 2. The highest BCUT2D eigenvalue weighted by Crippen LogP contribution is 2.28. The highest BCUT2D eigenvalue weighted by molar-refractivity contribution is 6.03. The molecule has 2 aromatic carbocycles. The molecular formula is C18H18N2O4. The van der Waals surface area contributed by atoms with E-state index in [2.05, 4.69) is 5.32 Å². The molecule has 24 heavy (non-hydrogen) atoms. The van der Waals surface area contributed by atoms with Gasteiger partial charge in [-0.05, 0) is 24.3 Å². The van der Waals surface area contributed by atoms with Crippen LogP contribution in [0.1, 0.15) is 6.42 Å². The summed E-state index contributed by atoms with van der Waals surface area (Å²) in [5, 5.41) is 12.2. The molecule has 0 bridgehead atoms. The number of phenolic OH excluding ortho intramolecular Hbond substituents is 1. The van der Waals surface area contributed by atoms with Crippen molar-refractivity contribution in [3.05, 3.63) is 48.5 Å². The fraction of sp³-hybridized carbons (Fsp3) is 0.222. The van der Waals surface area contributed by atoms with E-state index in [1.807, 2.05) is 12.1 Å². The number of carbonyl (C=O) groups excluding carboxylic acids is 2. The normalized spacial score (nSPS) is 17.0. The molecule has 124 valence electrons. The van der Waals surface area contributed by atoms with Crippen molar-refractivity contribution in [3.63, 3.8) is 0 Å². The Morgan fingerprint density at radius 2 is 2.04 bits per heavy atom. The van der Waals surface area contributed by atoms with E-state index in [1.54, 1.807) is 36.3 Å². The van der Waals surface area contributed by atoms with Gasteiger partial charge in [-0.15, -0.1) is 0 Å². The molecule has 1 atom stereocenters. The zero-order valence-electron chi connectivity index (χ0n) is 13.2. The molecular weight excluding hydrogens is 308 g/mol. The Balaban J connectivity index is 1.70. The van der Waals surface area contributed by atoms with Crippen molar-refractivity contribution in [3.8, 4) is 11.5 Å². The summed E-state index contributed by atoms with van der Waals surface area (Å²) in [6.45, 7) is 0.316. The van der Waals surface area contributed by atoms with E-state index in [-0.39, 0.29) is 24.0 Å². The van der Waals surface area contributed by atoms with Crippen LogP contribution in [0.5, 0.6) is 11.5 Å². The number of carbonyl (C=O) groups is 2. The minimum Gasteiger partial charge on any atom is -0.508 e. The minimum absolute atomic E-state index is 0.0771. The topological polar surface area (TPSA) is 78.9 Å². The molecule has 1 aliphatic heterocycles. The highest BCUT2D eigenvalue weighted by Gasteiger charge is 2.35. The molecule has 0 saturated carbocycles. The number of anilines is 2. The third-order valence-corrected chi connectivity index (χ3v) is 3.97. The highest BCUT2D eigenvalue weighted by atomic mass is 16.5. The van der Waals surface area contributed by atoms with E-state index in [9.17, 15) is 14.7 Å². The van der Waals surface area contributed by atoms with Gasteiger partial charge < -0.3 is 20.1 Å². The van der Waals surface area contributed by atoms with Crippen molar-refractivity contribution in [1.29, 1.82) is 0 Å². The molecule has 1 fully saturated rings. The van der Waals surface area contributed by atoms with Gasteiger partial charge in [-0.1, -0.05) is 12.1 Å². The van der Waals surface area contributed by atoms with Gasteiger partial charge in [0.1, 0.15) is 11.5 Å². The van der Waals surface area contributed by atoms with Gasteiger partial charge in [-0.3, -0.25) is 9.59 Å². The molecule has 3 rings (SSSR count). The second kappa shape index (κ2) is 6.62. The number of hydrogen-bond acceptors (Lipinski definition) is 4. The predicted octanol–water partition coefficient (Wildman–Crippen LogP) is 2.39. The molecule has 6 heteroatoms. The summed E-state index contributed by atoms with van der Waals surface area (Å²) in [5.41, 5.74) is 1.22. The van der Waals surface area contributed by atoms with E-state index < -0.39 is 5.92 Å². The van der Waals surface area contributed by atoms with Gasteiger partial charge in [-0.2, -0.15) is 0 Å². The molecule has 1 unspecified atom stereocenters. The number of aromatic hydroxyl groups is 1. The van der Waals surface area contributed by atoms with Crippen LogP contribution in [0.4, 0.5) is 11.4 Å². The Morgan fingerprint density at radius 1 is 1.25 bits per heavy atom. The number of amides is 2. The summed E-state index contributed by atoms with van der Waals surface area (Å²) >= 11 is 0. The number of ether oxygens (including phenoxy) is 1. The first-order valence-electron chi connectivity index (χ1n) is 7.61. The van der Waals surface area contributed by atoms with Gasteiger partial charge in [0.25, 0.3) is 0 Å². The minimum atomic E-state index is -0.439. The maximum absolute atomic E-state index is 12.4. The summed E-state index contributed by atoms with van der Waals surface area (Å²) in [4.78, 5) is 26.2. The maximum atomic E-state index is 12.4. The van der Waals surface area contributed by atoms with E-state index in [1.165, 1.54) is 12.1 Å². The molecule has 0 spiro atoms. The molecule has 1 saturated heterocycles. The Kier molecular flexibility index (Phi) is 4.37. The largest absolute Gasteiger partial charge is 0.508 e. The van der Waals surface area contributed by atoms with E-state index in [4.69, 9.17) is 4.74 Å². The summed E-state index contributed by atoms with van der Waals surface area (Å²) in [6, 6.07) is 13.5. The number of hydrogen-bond donors (Lipinski definition) is 2. The molecule has 1 heterocycles. The van der Waals surface area contributed by atoms with Crippen molar-refractivity contribution >= 4 is 23.2 Å². The average Bonchev–Trinajstić information content (AvgIpc) is 2.97. The van der Waals surface area contributed by atoms with E-state index >= 15 is 0 Å². The van der Waals surface area contributed by atoms with Crippen LogP contribution in [0, 0.1) is 5.92 Å². The van der Waals surface area contributed by atoms with Crippen LogP contribution in [0.2, 0.25) is 0 Å². The second-order valence-electron chi connectivity index (χ2n) is 5.65. The van der Waals surface area contributed by atoms with E-state index in [0.717, 1.165) is 0 Å². The van der Waals surface area contributed by atoms with Gasteiger partial charge in [-0.25, -0.2) is 0 Å². The molecule has 0 radical (unpaired) electrons. The Morgan fingerprint density at radius 3 is 2.79 bits per heavy atom. The third kappa shape index (κ3) is 3.32. The fourth-order valence-electron chi connectivity index (χ4n) is 2.74. The molecule has 1 aliphatic rings. The summed E-state index contributed by atoms with van der Waals surface area (Å²) in [5.74, 6) is -0.0361. The third-order valence-electron chi connectivity index (χ3n) is 3.97. The van der Waals surface area contributed by atoms with Crippen molar-refractivity contribution in [2.75, 3.05) is 23.9 Å². The smallest absolute Gasteiger partial charge is 0.229 e. The summed E-state index contributed by atoms with van der Waals surface area (Å²) < 4.78 is 5.17. The summed E-state index contributed by atoms with van der Waals surface area (Å²) in [7, 11) is 1.57. The predicted molar refractivity (Wildman–Crippen MR) is 90.2 cm³/mol. The lowest BCUT2D eigenvalue weighted by Gasteiger charge is -2.17. The second-order valence-corrected chi connectivity index (χ2v) is 5.65. The van der Waals surface area contributed by atoms with Crippen LogP contribution in [0.15, 0.2) is 48.5 Å². The van der Waals surface area contributed by atoms with Crippen molar-refractivity contribution < 1.29 is 19.4 Å². The van der Waals surface area contributed by atoms with Crippen molar-refractivity contribution in [2.45, 2.75) is 6.42 Å².